The van der Waals surface area contributed by atoms with E-state index >= 15 is 0 Å². The second kappa shape index (κ2) is 11.9. The van der Waals surface area contributed by atoms with Gasteiger partial charge in [-0.15, -0.1) is 0 Å². The highest BCUT2D eigenvalue weighted by Crippen LogP contribution is 2.65. The molecule has 1 aromatic rings. The number of amides is 1. The summed E-state index contributed by atoms with van der Waals surface area (Å²) in [4.78, 5) is 11.5. The lowest BCUT2D eigenvalue weighted by Crippen LogP contribution is -2.76. The summed E-state index contributed by atoms with van der Waals surface area (Å²) in [7, 11) is 2.92. The first-order valence-corrected chi connectivity index (χ1v) is 11.9. The summed E-state index contributed by atoms with van der Waals surface area (Å²) in [6.07, 6.45) is -6.49. The third-order valence-corrected chi connectivity index (χ3v) is 6.60. The van der Waals surface area contributed by atoms with Crippen LogP contribution in [0.5, 0.6) is 0 Å². The van der Waals surface area contributed by atoms with Crippen LogP contribution in [0.4, 0.5) is 83.4 Å². The number of quaternary nitrogens is 1. The van der Waals surface area contributed by atoms with Gasteiger partial charge in [0.1, 0.15) is 6.54 Å². The molecule has 0 heterocycles. The zero-order chi connectivity index (χ0) is 37.0. The van der Waals surface area contributed by atoms with Crippen LogP contribution in [0, 0.1) is 0 Å². The van der Waals surface area contributed by atoms with Crippen molar-refractivity contribution in [3.05, 3.63) is 42.0 Å². The summed E-state index contributed by atoms with van der Waals surface area (Å²) in [5, 5.41) is 0. The predicted octanol–water partition coefficient (Wildman–Crippen LogP) is 8.01. The first kappa shape index (κ1) is 41.1. The van der Waals surface area contributed by atoms with Crippen molar-refractivity contribution >= 4 is 12.0 Å². The van der Waals surface area contributed by atoms with Crippen LogP contribution in [-0.4, -0.2) is 103 Å². The number of hydrogen-bond acceptors (Lipinski definition) is 1. The second-order valence-corrected chi connectivity index (χ2v) is 10.6. The minimum atomic E-state index is -9.04. The monoisotopic (exact) mass is 715 g/mol. The number of hydrogen-bond donors (Lipinski definition) is 0. The molecule has 1 amide bonds. The lowest BCUT2D eigenvalue weighted by Gasteiger charge is -2.43. The average Bonchev–Trinajstić information content (AvgIpc) is 2.90. The topological polar surface area (TPSA) is 20.3 Å². The highest BCUT2D eigenvalue weighted by molar-refractivity contribution is 5.84. The van der Waals surface area contributed by atoms with Crippen molar-refractivity contribution in [1.29, 1.82) is 0 Å². The summed E-state index contributed by atoms with van der Waals surface area (Å²) in [5.41, 5.74) is 1.22. The number of rotatable bonds is 14. The van der Waals surface area contributed by atoms with Crippen molar-refractivity contribution in [2.24, 2.45) is 0 Å². The molecule has 1 aromatic carbocycles. The van der Waals surface area contributed by atoms with Gasteiger partial charge < -0.3 is 9.38 Å². The van der Waals surface area contributed by atoms with Gasteiger partial charge in [-0.25, -0.2) is 0 Å². The zero-order valence-electron chi connectivity index (χ0n) is 23.2. The summed E-state index contributed by atoms with van der Waals surface area (Å²) in [6.45, 7) is 1.95. The van der Waals surface area contributed by atoms with Crippen molar-refractivity contribution in [3.63, 3.8) is 0 Å². The van der Waals surface area contributed by atoms with Crippen molar-refractivity contribution < 1.29 is 92.7 Å². The van der Waals surface area contributed by atoms with Gasteiger partial charge in [0, 0.05) is 12.6 Å². The van der Waals surface area contributed by atoms with Crippen LogP contribution < -0.4 is 0 Å². The van der Waals surface area contributed by atoms with E-state index in [9.17, 15) is 88.2 Å². The number of alkyl halides is 19. The number of carbonyl (C=O) groups is 1. The Kier molecular flexibility index (Phi) is 10.7. The van der Waals surface area contributed by atoms with Gasteiger partial charge in [0.2, 0.25) is 0 Å². The van der Waals surface area contributed by atoms with E-state index < -0.39 is 77.5 Å². The van der Waals surface area contributed by atoms with Crippen LogP contribution in [0.3, 0.4) is 0 Å². The van der Waals surface area contributed by atoms with Crippen LogP contribution in [0.15, 0.2) is 30.8 Å². The SMILES string of the molecule is C=Cc1ccc(C[N+](C)(C)CCN(C)C(=O)C(F)(F)C(F)(F)C(F)(F)C(F)(F)C(F)(F)C(F)(F)C(F)(F)C(F)(F)C(F)(F)F)cc1. The Morgan fingerprint density at radius 2 is 1.00 bits per heavy atom. The number of benzene rings is 1. The molecule has 0 saturated heterocycles. The summed E-state index contributed by atoms with van der Waals surface area (Å²) < 4.78 is 257. The molecule has 3 nitrogen and oxygen atoms in total. The summed E-state index contributed by atoms with van der Waals surface area (Å²) >= 11 is 0. The molecule has 0 spiro atoms. The van der Waals surface area contributed by atoms with Crippen LogP contribution in [0.2, 0.25) is 0 Å². The Morgan fingerprint density at radius 1 is 0.652 bits per heavy atom. The van der Waals surface area contributed by atoms with Crippen LogP contribution in [-0.2, 0) is 11.3 Å². The average molecular weight is 715 g/mol. The fourth-order valence-corrected chi connectivity index (χ4v) is 3.59. The van der Waals surface area contributed by atoms with Crippen molar-refractivity contribution in [1.82, 2.24) is 4.90 Å². The molecule has 0 fully saturated rings. The molecule has 1 rings (SSSR count). The molecular formula is C24H22F19N2O+. The first-order chi connectivity index (χ1) is 20.0. The van der Waals surface area contributed by atoms with E-state index in [4.69, 9.17) is 0 Å². The predicted molar refractivity (Wildman–Crippen MR) is 120 cm³/mol. The Morgan fingerprint density at radius 3 is 1.35 bits per heavy atom. The van der Waals surface area contributed by atoms with E-state index in [2.05, 4.69) is 6.58 Å². The minimum Gasteiger partial charge on any atom is -0.335 e. The highest BCUT2D eigenvalue weighted by atomic mass is 19.4. The maximum Gasteiger partial charge on any atom is 0.460 e. The smallest absolute Gasteiger partial charge is 0.335 e. The Hall–Kier alpha value is -2.94. The molecule has 46 heavy (non-hydrogen) atoms. The van der Waals surface area contributed by atoms with Crippen molar-refractivity contribution in [2.75, 3.05) is 34.2 Å². The third-order valence-electron chi connectivity index (χ3n) is 6.60. The summed E-state index contributed by atoms with van der Waals surface area (Å²) in [6, 6.07) is 6.28. The third kappa shape index (κ3) is 6.33. The van der Waals surface area contributed by atoms with Gasteiger partial charge in [0.05, 0.1) is 27.2 Å². The zero-order valence-corrected chi connectivity index (χ0v) is 23.2. The van der Waals surface area contributed by atoms with Crippen molar-refractivity contribution in [2.45, 2.75) is 60.1 Å². The number of likely N-dealkylation sites (N-methyl/N-ethyl adjacent to an activating group) is 2. The largest absolute Gasteiger partial charge is 0.460 e. The molecule has 0 aliphatic carbocycles. The van der Waals surface area contributed by atoms with Crippen LogP contribution in [0.1, 0.15) is 11.1 Å². The van der Waals surface area contributed by atoms with Gasteiger partial charge >= 0.3 is 53.6 Å². The van der Waals surface area contributed by atoms with Gasteiger partial charge in [0.25, 0.3) is 5.91 Å². The van der Waals surface area contributed by atoms with E-state index in [-0.39, 0.29) is 18.1 Å². The molecule has 0 atom stereocenters. The lowest BCUT2D eigenvalue weighted by molar-refractivity contribution is -0.903. The van der Waals surface area contributed by atoms with E-state index in [1.165, 1.54) is 20.2 Å². The molecule has 0 aromatic heterocycles. The molecule has 0 aliphatic heterocycles. The highest BCUT2D eigenvalue weighted by Gasteiger charge is 2.97. The van der Waals surface area contributed by atoms with Gasteiger partial charge in [-0.2, -0.15) is 83.4 Å². The minimum absolute atomic E-state index is 0.0254. The van der Waals surface area contributed by atoms with Gasteiger partial charge in [-0.1, -0.05) is 36.9 Å². The maximum absolute atomic E-state index is 14.4. The molecule has 0 aliphatic rings. The molecule has 22 heteroatoms. The fourth-order valence-electron chi connectivity index (χ4n) is 3.59. The van der Waals surface area contributed by atoms with Gasteiger partial charge in [0.15, 0.2) is 0 Å². The lowest BCUT2D eigenvalue weighted by atomic mass is 9.87. The number of carbonyl (C=O) groups excluding carboxylic acids is 1. The van der Waals surface area contributed by atoms with Crippen LogP contribution in [0.25, 0.3) is 6.08 Å². The van der Waals surface area contributed by atoms with Gasteiger partial charge in [-0.05, 0) is 5.56 Å². The van der Waals surface area contributed by atoms with E-state index in [0.717, 1.165) is 0 Å². The molecule has 0 bridgehead atoms. The quantitative estimate of drug-likeness (QED) is 0.141. The van der Waals surface area contributed by atoms with E-state index in [0.29, 0.717) is 11.1 Å². The number of halogens is 19. The molecule has 0 saturated carbocycles. The van der Waals surface area contributed by atoms with E-state index in [1.807, 2.05) is 0 Å². The maximum atomic E-state index is 14.4. The molecule has 0 N–H and O–H groups in total. The molecule has 266 valence electrons. The molecule has 0 radical (unpaired) electrons. The first-order valence-electron chi connectivity index (χ1n) is 11.9. The standard InChI is InChI=1S/C24H22F19N2O/c1-5-13-6-8-14(9-7-13)12-45(3,4)11-10-44(2)15(46)16(25,26)17(27,28)18(29,30)19(31,32)20(33,34)21(35,36)22(37,38)23(39,40)24(41,42)43/h5-9H,1,10-12H2,2-4H3/q+1. The summed E-state index contributed by atoms with van der Waals surface area (Å²) in [5.74, 6) is -71.8. The molecule has 0 unspecified atom stereocenters. The van der Waals surface area contributed by atoms with E-state index in [1.54, 1.807) is 24.3 Å². The van der Waals surface area contributed by atoms with Crippen molar-refractivity contribution in [3.8, 4) is 0 Å². The Balaban J connectivity index is 3.41. The van der Waals surface area contributed by atoms with Gasteiger partial charge in [-0.3, -0.25) is 4.79 Å². The normalized spacial score (nSPS) is 15.2. The Bertz CT molecular complexity index is 1250. The number of nitrogens with zero attached hydrogens (tertiary/aromatic N) is 2. The Labute approximate surface area is 246 Å². The fraction of sp³-hybridized carbons (Fsp3) is 0.625. The molecular weight excluding hydrogens is 693 g/mol. The van der Waals surface area contributed by atoms with Crippen LogP contribution >= 0.6 is 0 Å². The second-order valence-electron chi connectivity index (χ2n) is 10.6.